The largest absolute Gasteiger partial charge is 0.508 e. The fourth-order valence-electron chi connectivity index (χ4n) is 6.55. The first-order valence-corrected chi connectivity index (χ1v) is 14.6. The summed E-state index contributed by atoms with van der Waals surface area (Å²) in [6.07, 6.45) is 4.99. The Bertz CT molecular complexity index is 1180. The summed E-state index contributed by atoms with van der Waals surface area (Å²) < 4.78 is 0.848. The summed E-state index contributed by atoms with van der Waals surface area (Å²) in [6, 6.07) is 1.91. The number of hydrogen-bond donors (Lipinski definition) is 5. The second-order valence-electron chi connectivity index (χ2n) is 10.5. The average molecular weight is 627 g/mol. The van der Waals surface area contributed by atoms with Crippen molar-refractivity contribution in [3.05, 3.63) is 37.7 Å². The van der Waals surface area contributed by atoms with E-state index in [1.54, 1.807) is 11.8 Å². The standard InChI is InChI=1S/C26H30INO7S/c27-16-8-12(10-36-14-4-2-1-3-5-14)21(30)19-15(16)7-11-6-13-9-17(29)20(25(28)34)24(33)26(13,35)23(32)18(11)22(19)31/h8,11,13-14,17,20,29-30,32,35H,1-7,9-10H2,(H2,28,34). The minimum Gasteiger partial charge on any atom is -0.508 e. The molecule has 0 aromatic heterocycles. The van der Waals surface area contributed by atoms with Crippen molar-refractivity contribution >= 4 is 51.8 Å². The Morgan fingerprint density at radius 2 is 1.86 bits per heavy atom. The number of primary amides is 1. The number of halogens is 1. The van der Waals surface area contributed by atoms with Crippen molar-refractivity contribution in [1.29, 1.82) is 0 Å². The van der Waals surface area contributed by atoms with Gasteiger partial charge in [-0.2, -0.15) is 11.8 Å². The fourth-order valence-corrected chi connectivity index (χ4v) is 8.72. The zero-order valence-electron chi connectivity index (χ0n) is 19.7. The van der Waals surface area contributed by atoms with Crippen LogP contribution in [0.4, 0.5) is 0 Å². The number of amides is 1. The van der Waals surface area contributed by atoms with E-state index >= 15 is 0 Å². The Balaban J connectivity index is 1.53. The number of Topliss-reactive ketones (excluding diaryl/α,β-unsaturated/α-hetero) is 2. The first kappa shape index (κ1) is 26.0. The van der Waals surface area contributed by atoms with Crippen LogP contribution in [0, 0.1) is 21.3 Å². The van der Waals surface area contributed by atoms with Crippen LogP contribution in [-0.4, -0.2) is 54.9 Å². The maximum Gasteiger partial charge on any atom is 0.230 e. The van der Waals surface area contributed by atoms with Crippen molar-refractivity contribution in [2.45, 2.75) is 74.1 Å². The number of rotatable bonds is 4. The number of thioether (sulfide) groups is 1. The van der Waals surface area contributed by atoms with E-state index in [-0.39, 0.29) is 29.7 Å². The molecule has 1 aromatic carbocycles. The Hall–Kier alpha value is -1.63. The number of fused-ring (bicyclic) bond motifs is 3. The number of ketones is 2. The number of phenols is 1. The summed E-state index contributed by atoms with van der Waals surface area (Å²) in [6.45, 7) is 0. The van der Waals surface area contributed by atoms with E-state index in [0.717, 1.165) is 16.4 Å². The molecule has 0 aliphatic heterocycles. The van der Waals surface area contributed by atoms with E-state index in [0.29, 0.717) is 28.6 Å². The van der Waals surface area contributed by atoms with E-state index in [4.69, 9.17) is 5.73 Å². The van der Waals surface area contributed by atoms with Crippen molar-refractivity contribution in [2.75, 3.05) is 0 Å². The second-order valence-corrected chi connectivity index (χ2v) is 13.0. The van der Waals surface area contributed by atoms with Gasteiger partial charge in [-0.05, 0) is 72.2 Å². The molecule has 0 bridgehead atoms. The molecular weight excluding hydrogens is 597 g/mol. The van der Waals surface area contributed by atoms with Crippen LogP contribution in [0.1, 0.15) is 66.4 Å². The highest BCUT2D eigenvalue weighted by molar-refractivity contribution is 14.1. The minimum absolute atomic E-state index is 0.0996. The Labute approximate surface area is 226 Å². The molecular formula is C26H30INO7S. The summed E-state index contributed by atoms with van der Waals surface area (Å²) >= 11 is 3.95. The normalized spacial score (nSPS) is 32.6. The predicted octanol–water partition coefficient (Wildman–Crippen LogP) is 2.92. The zero-order chi connectivity index (χ0) is 25.9. The smallest absolute Gasteiger partial charge is 0.230 e. The van der Waals surface area contributed by atoms with Crippen LogP contribution < -0.4 is 5.73 Å². The number of nitrogens with two attached hydrogens (primary N) is 1. The molecule has 1 aromatic rings. The molecule has 1 amide bonds. The lowest BCUT2D eigenvalue weighted by atomic mass is 9.58. The highest BCUT2D eigenvalue weighted by atomic mass is 127. The van der Waals surface area contributed by atoms with E-state index in [1.807, 2.05) is 6.07 Å². The first-order chi connectivity index (χ1) is 17.1. The van der Waals surface area contributed by atoms with Gasteiger partial charge in [0, 0.05) is 31.6 Å². The van der Waals surface area contributed by atoms with Gasteiger partial charge in [0.2, 0.25) is 5.91 Å². The number of carbonyl (C=O) groups is 3. The number of aliphatic hydroxyl groups is 3. The van der Waals surface area contributed by atoms with Crippen molar-refractivity contribution in [3.63, 3.8) is 0 Å². The molecule has 5 unspecified atom stereocenters. The van der Waals surface area contributed by atoms with Crippen molar-refractivity contribution in [3.8, 4) is 5.75 Å². The zero-order valence-corrected chi connectivity index (χ0v) is 22.7. The van der Waals surface area contributed by atoms with Crippen LogP contribution in [0.5, 0.6) is 5.75 Å². The third-order valence-electron chi connectivity index (χ3n) is 8.44. The van der Waals surface area contributed by atoms with Crippen molar-refractivity contribution in [1.82, 2.24) is 0 Å². The van der Waals surface area contributed by atoms with Crippen LogP contribution in [0.2, 0.25) is 0 Å². The summed E-state index contributed by atoms with van der Waals surface area (Å²) in [7, 11) is 0. The topological polar surface area (TPSA) is 158 Å². The Morgan fingerprint density at radius 3 is 2.53 bits per heavy atom. The van der Waals surface area contributed by atoms with Crippen LogP contribution in [0.3, 0.4) is 0 Å². The highest BCUT2D eigenvalue weighted by Crippen LogP contribution is 2.52. The number of aliphatic hydroxyl groups excluding tert-OH is 2. The summed E-state index contributed by atoms with van der Waals surface area (Å²) in [4.78, 5) is 38.7. The van der Waals surface area contributed by atoms with Crippen LogP contribution in [0.25, 0.3) is 0 Å². The van der Waals surface area contributed by atoms with Crippen LogP contribution >= 0.6 is 34.4 Å². The van der Waals surface area contributed by atoms with Crippen LogP contribution in [0.15, 0.2) is 17.4 Å². The quantitative estimate of drug-likeness (QED) is 0.252. The maximum atomic E-state index is 13.7. The third kappa shape index (κ3) is 3.99. The first-order valence-electron chi connectivity index (χ1n) is 12.4. The lowest BCUT2D eigenvalue weighted by Crippen LogP contribution is -2.63. The number of hydrogen-bond acceptors (Lipinski definition) is 8. The number of aromatic hydroxyl groups is 1. The molecule has 6 N–H and O–H groups in total. The predicted molar refractivity (Wildman–Crippen MR) is 142 cm³/mol. The van der Waals surface area contributed by atoms with Gasteiger partial charge in [-0.1, -0.05) is 19.3 Å². The molecule has 8 nitrogen and oxygen atoms in total. The van der Waals surface area contributed by atoms with Crippen molar-refractivity contribution < 1.29 is 34.8 Å². The van der Waals surface area contributed by atoms with Gasteiger partial charge in [0.05, 0.1) is 11.7 Å². The van der Waals surface area contributed by atoms with Gasteiger partial charge in [0.15, 0.2) is 17.2 Å². The monoisotopic (exact) mass is 627 g/mol. The number of allylic oxidation sites excluding steroid dienone is 1. The number of benzene rings is 1. The SMILES string of the molecule is NC(=O)C1C(=O)C2(O)C(O)=C3C(=O)c4c(O)c(CSC5CCCCC5)cc(I)c4CC3CC2CC1O. The van der Waals surface area contributed by atoms with E-state index in [1.165, 1.54) is 19.3 Å². The molecule has 36 heavy (non-hydrogen) atoms. The lowest BCUT2D eigenvalue weighted by molar-refractivity contribution is -0.167. The number of carbonyl (C=O) groups excluding carboxylic acids is 3. The fraction of sp³-hybridized carbons (Fsp3) is 0.577. The minimum atomic E-state index is -2.48. The molecule has 4 aliphatic carbocycles. The molecule has 5 rings (SSSR count). The number of phenolic OH excluding ortho intramolecular Hbond substituents is 1. The maximum absolute atomic E-state index is 13.7. The molecule has 194 valence electrons. The van der Waals surface area contributed by atoms with Gasteiger partial charge in [-0.3, -0.25) is 14.4 Å². The lowest BCUT2D eigenvalue weighted by Gasteiger charge is -2.48. The summed E-state index contributed by atoms with van der Waals surface area (Å²) in [5.74, 6) is -6.15. The summed E-state index contributed by atoms with van der Waals surface area (Å²) in [5.41, 5.74) is 4.17. The van der Waals surface area contributed by atoms with Crippen molar-refractivity contribution in [2.24, 2.45) is 23.5 Å². The van der Waals surface area contributed by atoms with E-state index < -0.39 is 52.7 Å². The van der Waals surface area contributed by atoms with Gasteiger partial charge < -0.3 is 26.2 Å². The summed E-state index contributed by atoms with van der Waals surface area (Å²) in [5, 5.41) is 44.6. The molecule has 2 saturated carbocycles. The third-order valence-corrected chi connectivity index (χ3v) is 10.8. The van der Waals surface area contributed by atoms with E-state index in [9.17, 15) is 34.8 Å². The Morgan fingerprint density at radius 1 is 1.17 bits per heavy atom. The molecule has 2 fully saturated rings. The van der Waals surface area contributed by atoms with Gasteiger partial charge in [-0.15, -0.1) is 0 Å². The molecule has 0 spiro atoms. The molecule has 10 heteroatoms. The highest BCUT2D eigenvalue weighted by Gasteiger charge is 2.62. The molecule has 4 aliphatic rings. The van der Waals surface area contributed by atoms with E-state index in [2.05, 4.69) is 22.6 Å². The van der Waals surface area contributed by atoms with Gasteiger partial charge in [-0.25, -0.2) is 0 Å². The van der Waals surface area contributed by atoms with Gasteiger partial charge in [0.1, 0.15) is 17.4 Å². The second kappa shape index (κ2) is 9.59. The van der Waals surface area contributed by atoms with Gasteiger partial charge >= 0.3 is 0 Å². The Kier molecular flexibility index (Phi) is 6.93. The van der Waals surface area contributed by atoms with Crippen LogP contribution in [-0.2, 0) is 21.8 Å². The molecule has 5 atom stereocenters. The average Bonchev–Trinajstić information content (AvgIpc) is 2.83. The van der Waals surface area contributed by atoms with Gasteiger partial charge in [0.25, 0.3) is 0 Å². The molecule has 0 radical (unpaired) electrons. The molecule has 0 heterocycles. The molecule has 0 saturated heterocycles.